The van der Waals surface area contributed by atoms with Gasteiger partial charge in [-0.05, 0) is 40.8 Å². The van der Waals surface area contributed by atoms with Gasteiger partial charge in [-0.2, -0.15) is 0 Å². The summed E-state index contributed by atoms with van der Waals surface area (Å²) in [6, 6.07) is 22.3. The molecule has 0 saturated heterocycles. The van der Waals surface area contributed by atoms with E-state index in [2.05, 4.69) is 22.4 Å². The maximum absolute atomic E-state index is 14.4. The molecule has 3 aromatic carbocycles. The molecule has 1 aliphatic rings. The summed E-state index contributed by atoms with van der Waals surface area (Å²) < 4.78 is 19.9. The molecule has 1 aliphatic carbocycles. The fourth-order valence-electron chi connectivity index (χ4n) is 4.68. The van der Waals surface area contributed by atoms with Crippen molar-refractivity contribution in [1.82, 2.24) is 10.3 Å². The lowest BCUT2D eigenvalue weighted by Crippen LogP contribution is -2.31. The van der Waals surface area contributed by atoms with Gasteiger partial charge in [0.15, 0.2) is 0 Å². The molecule has 35 heavy (non-hydrogen) atoms. The first-order chi connectivity index (χ1) is 17.0. The molecule has 7 heteroatoms. The van der Waals surface area contributed by atoms with Crippen LogP contribution in [0.3, 0.4) is 0 Å². The van der Waals surface area contributed by atoms with Crippen LogP contribution in [0.15, 0.2) is 79.0 Å². The number of pyridine rings is 1. The van der Waals surface area contributed by atoms with Gasteiger partial charge in [0.05, 0.1) is 11.6 Å². The third-order valence-electron chi connectivity index (χ3n) is 6.46. The van der Waals surface area contributed by atoms with Gasteiger partial charge in [-0.15, -0.1) is 0 Å². The van der Waals surface area contributed by atoms with E-state index >= 15 is 0 Å². The molecule has 6 nitrogen and oxygen atoms in total. The zero-order valence-corrected chi connectivity index (χ0v) is 18.9. The lowest BCUT2D eigenvalue weighted by Gasteiger charge is -2.19. The standard InChI is InChI=1S/C28H25FN2O4/c29-24-15-25-17(6-5-12-30-25)14-22(24)27(33)26(32)11-13-31-28(34)35-16-23-20-9-3-1-7-18(20)19-8-2-4-10-21(19)23/h1-10,12,14-15,23,26-27,32-33H,11,13,16H2,(H,31,34). The third-order valence-corrected chi connectivity index (χ3v) is 6.46. The molecule has 0 spiro atoms. The summed E-state index contributed by atoms with van der Waals surface area (Å²) in [4.78, 5) is 16.4. The van der Waals surface area contributed by atoms with Crippen molar-refractivity contribution < 1.29 is 24.1 Å². The van der Waals surface area contributed by atoms with Crippen molar-refractivity contribution in [1.29, 1.82) is 0 Å². The Balaban J connectivity index is 1.15. The third kappa shape index (κ3) is 4.60. The average Bonchev–Trinajstić information content (AvgIpc) is 3.20. The molecule has 178 valence electrons. The number of aliphatic hydroxyl groups excluding tert-OH is 2. The van der Waals surface area contributed by atoms with Gasteiger partial charge in [0.2, 0.25) is 0 Å². The lowest BCUT2D eigenvalue weighted by molar-refractivity contribution is 0.0117. The number of rotatable bonds is 7. The molecule has 2 unspecified atom stereocenters. The summed E-state index contributed by atoms with van der Waals surface area (Å²) in [5.41, 5.74) is 4.98. The second-order valence-corrected chi connectivity index (χ2v) is 8.62. The highest BCUT2D eigenvalue weighted by Gasteiger charge is 2.29. The molecule has 0 radical (unpaired) electrons. The van der Waals surface area contributed by atoms with Gasteiger partial charge in [0, 0.05) is 35.7 Å². The number of halogens is 1. The fraction of sp³-hybridized carbons (Fsp3) is 0.214. The van der Waals surface area contributed by atoms with Gasteiger partial charge in [0.1, 0.15) is 18.5 Å². The highest BCUT2D eigenvalue weighted by Crippen LogP contribution is 2.44. The Morgan fingerprint density at radius 1 is 1.00 bits per heavy atom. The molecular weight excluding hydrogens is 447 g/mol. The molecule has 5 rings (SSSR count). The van der Waals surface area contributed by atoms with Crippen LogP contribution in [0.5, 0.6) is 0 Å². The van der Waals surface area contributed by atoms with E-state index in [4.69, 9.17) is 4.74 Å². The molecule has 1 aromatic heterocycles. The maximum atomic E-state index is 14.4. The van der Waals surface area contributed by atoms with Crippen LogP contribution in [-0.2, 0) is 4.74 Å². The number of ether oxygens (including phenoxy) is 1. The number of benzene rings is 3. The Labute approximate surface area is 202 Å². The Bertz CT molecular complexity index is 1330. The van der Waals surface area contributed by atoms with E-state index in [0.717, 1.165) is 22.3 Å². The van der Waals surface area contributed by atoms with Crippen molar-refractivity contribution >= 4 is 17.0 Å². The minimum Gasteiger partial charge on any atom is -0.449 e. The minimum atomic E-state index is -1.44. The maximum Gasteiger partial charge on any atom is 0.407 e. The topological polar surface area (TPSA) is 91.7 Å². The van der Waals surface area contributed by atoms with Gasteiger partial charge >= 0.3 is 6.09 Å². The van der Waals surface area contributed by atoms with Crippen LogP contribution in [-0.4, -0.2) is 40.5 Å². The number of carbonyl (C=O) groups excluding carboxylic acids is 1. The predicted octanol–water partition coefficient (Wildman–Crippen LogP) is 4.70. The van der Waals surface area contributed by atoms with Crippen LogP contribution in [0.4, 0.5) is 9.18 Å². The molecule has 2 atom stereocenters. The van der Waals surface area contributed by atoms with Crippen LogP contribution < -0.4 is 5.32 Å². The van der Waals surface area contributed by atoms with Gasteiger partial charge in [-0.25, -0.2) is 9.18 Å². The van der Waals surface area contributed by atoms with Crippen molar-refractivity contribution in [3.05, 3.63) is 102 Å². The molecular formula is C28H25FN2O4. The summed E-state index contributed by atoms with van der Waals surface area (Å²) >= 11 is 0. The highest BCUT2D eigenvalue weighted by molar-refractivity contribution is 5.80. The zero-order chi connectivity index (χ0) is 24.4. The summed E-state index contributed by atoms with van der Waals surface area (Å²) in [6.07, 6.45) is -1.75. The average molecular weight is 473 g/mol. The number of fused-ring (bicyclic) bond motifs is 4. The zero-order valence-electron chi connectivity index (χ0n) is 18.9. The number of alkyl carbamates (subject to hydrolysis) is 1. The smallest absolute Gasteiger partial charge is 0.407 e. The Morgan fingerprint density at radius 2 is 1.69 bits per heavy atom. The summed E-state index contributed by atoms with van der Waals surface area (Å²) in [5.74, 6) is -0.696. The van der Waals surface area contributed by atoms with Crippen molar-refractivity contribution in [3.63, 3.8) is 0 Å². The molecule has 0 aliphatic heterocycles. The minimum absolute atomic E-state index is 0.0147. The van der Waals surface area contributed by atoms with Crippen LogP contribution >= 0.6 is 0 Å². The van der Waals surface area contributed by atoms with Gasteiger partial charge < -0.3 is 20.3 Å². The van der Waals surface area contributed by atoms with Crippen LogP contribution in [0, 0.1) is 5.82 Å². The number of amides is 1. The largest absolute Gasteiger partial charge is 0.449 e. The fourth-order valence-corrected chi connectivity index (χ4v) is 4.68. The van der Waals surface area contributed by atoms with Crippen molar-refractivity contribution in [2.75, 3.05) is 13.2 Å². The second-order valence-electron chi connectivity index (χ2n) is 8.62. The highest BCUT2D eigenvalue weighted by atomic mass is 19.1. The van der Waals surface area contributed by atoms with E-state index in [-0.39, 0.29) is 31.1 Å². The van der Waals surface area contributed by atoms with Crippen LogP contribution in [0.25, 0.3) is 22.0 Å². The number of hydrogen-bond acceptors (Lipinski definition) is 5. The first-order valence-electron chi connectivity index (χ1n) is 11.5. The molecule has 3 N–H and O–H groups in total. The van der Waals surface area contributed by atoms with Crippen molar-refractivity contribution in [2.24, 2.45) is 0 Å². The van der Waals surface area contributed by atoms with E-state index in [1.807, 2.05) is 36.4 Å². The van der Waals surface area contributed by atoms with Gasteiger partial charge in [-0.1, -0.05) is 54.6 Å². The lowest BCUT2D eigenvalue weighted by atomic mass is 9.98. The predicted molar refractivity (Wildman–Crippen MR) is 130 cm³/mol. The molecule has 4 aromatic rings. The van der Waals surface area contributed by atoms with Crippen LogP contribution in [0.2, 0.25) is 0 Å². The molecule has 0 saturated carbocycles. The Kier molecular flexibility index (Phi) is 6.44. The van der Waals surface area contributed by atoms with E-state index in [0.29, 0.717) is 10.9 Å². The molecule has 1 amide bonds. The number of hydrogen-bond donors (Lipinski definition) is 3. The summed E-state index contributed by atoms with van der Waals surface area (Å²) in [5, 5.41) is 24.1. The SMILES string of the molecule is O=C(NCCC(O)C(O)c1cc2cccnc2cc1F)OCC1c2ccccc2-c2ccccc21. The first-order valence-corrected chi connectivity index (χ1v) is 11.5. The van der Waals surface area contributed by atoms with E-state index in [9.17, 15) is 19.4 Å². The molecule has 0 bridgehead atoms. The molecule has 1 heterocycles. The Hall–Kier alpha value is -3.81. The monoisotopic (exact) mass is 472 g/mol. The number of carbonyl (C=O) groups is 1. The number of aliphatic hydroxyl groups is 2. The summed E-state index contributed by atoms with van der Waals surface area (Å²) in [6.45, 7) is 0.243. The van der Waals surface area contributed by atoms with Gasteiger partial charge in [0.25, 0.3) is 0 Å². The van der Waals surface area contributed by atoms with Crippen molar-refractivity contribution in [3.8, 4) is 11.1 Å². The van der Waals surface area contributed by atoms with E-state index in [1.165, 1.54) is 12.1 Å². The summed E-state index contributed by atoms with van der Waals surface area (Å²) in [7, 11) is 0. The van der Waals surface area contributed by atoms with E-state index in [1.54, 1.807) is 18.3 Å². The second kappa shape index (κ2) is 9.82. The number of aromatic nitrogens is 1. The normalized spacial score (nSPS) is 14.3. The number of nitrogens with zero attached hydrogens (tertiary/aromatic N) is 1. The van der Waals surface area contributed by atoms with Crippen LogP contribution in [0.1, 0.15) is 35.1 Å². The number of nitrogens with one attached hydrogen (secondary N) is 1. The molecule has 0 fully saturated rings. The first kappa shape index (κ1) is 23.0. The van der Waals surface area contributed by atoms with Crippen molar-refractivity contribution in [2.45, 2.75) is 24.5 Å². The van der Waals surface area contributed by atoms with E-state index < -0.39 is 24.1 Å². The quantitative estimate of drug-likeness (QED) is 0.363. The Morgan fingerprint density at radius 3 is 2.40 bits per heavy atom. The van der Waals surface area contributed by atoms with Gasteiger partial charge in [-0.3, -0.25) is 4.98 Å².